The standard InChI is InChI=1S/C23H21ClN4O3S/c1-14-19-12-20(32-22(19)28(26-14)18-8-4-15(24)5-9-18)23(30)31-13-21(29)25-16-6-10-17(11-7-16)27(2)3/h4-12H,13H2,1-3H3,(H,25,29). The zero-order chi connectivity index (χ0) is 22.8. The van der Waals surface area contributed by atoms with Crippen LogP contribution in [-0.4, -0.2) is 42.4 Å². The molecule has 2 heterocycles. The van der Waals surface area contributed by atoms with Gasteiger partial charge < -0.3 is 15.0 Å². The number of halogens is 1. The molecule has 4 aromatic rings. The van der Waals surface area contributed by atoms with Crippen molar-refractivity contribution in [2.45, 2.75) is 6.92 Å². The van der Waals surface area contributed by atoms with Crippen LogP contribution in [0.5, 0.6) is 0 Å². The van der Waals surface area contributed by atoms with Gasteiger partial charge in [-0.05, 0) is 61.5 Å². The number of nitrogens with one attached hydrogen (secondary N) is 1. The zero-order valence-corrected chi connectivity index (χ0v) is 19.3. The summed E-state index contributed by atoms with van der Waals surface area (Å²) in [5, 5.41) is 8.78. The monoisotopic (exact) mass is 468 g/mol. The third kappa shape index (κ3) is 4.61. The van der Waals surface area contributed by atoms with E-state index in [-0.39, 0.29) is 6.61 Å². The number of fused-ring (bicyclic) bond motifs is 1. The van der Waals surface area contributed by atoms with E-state index in [1.165, 1.54) is 11.3 Å². The fraction of sp³-hybridized carbons (Fsp3) is 0.174. The summed E-state index contributed by atoms with van der Waals surface area (Å²) in [5.74, 6) is -0.952. The Morgan fingerprint density at radius 2 is 1.81 bits per heavy atom. The maximum absolute atomic E-state index is 12.5. The summed E-state index contributed by atoms with van der Waals surface area (Å²) in [5.41, 5.74) is 3.29. The fourth-order valence-electron chi connectivity index (χ4n) is 3.15. The topological polar surface area (TPSA) is 76.5 Å². The molecule has 164 valence electrons. The molecule has 32 heavy (non-hydrogen) atoms. The second kappa shape index (κ2) is 9.02. The van der Waals surface area contributed by atoms with Gasteiger partial charge in [0.25, 0.3) is 5.91 Å². The molecule has 0 saturated carbocycles. The summed E-state index contributed by atoms with van der Waals surface area (Å²) in [6, 6.07) is 16.4. The maximum Gasteiger partial charge on any atom is 0.348 e. The Balaban J connectivity index is 1.43. The number of aromatic nitrogens is 2. The van der Waals surface area contributed by atoms with Gasteiger partial charge in [0.15, 0.2) is 6.61 Å². The molecular formula is C23H21ClN4O3S. The van der Waals surface area contributed by atoms with Crippen LogP contribution in [0.4, 0.5) is 11.4 Å². The fourth-order valence-corrected chi connectivity index (χ4v) is 4.35. The Kier molecular flexibility index (Phi) is 6.16. The van der Waals surface area contributed by atoms with Crippen LogP contribution in [0, 0.1) is 6.92 Å². The Morgan fingerprint density at radius 3 is 2.47 bits per heavy atom. The molecule has 0 aliphatic rings. The van der Waals surface area contributed by atoms with Gasteiger partial charge in [-0.2, -0.15) is 5.10 Å². The first-order chi connectivity index (χ1) is 15.3. The number of carbonyl (C=O) groups is 2. The first-order valence-electron chi connectivity index (χ1n) is 9.81. The molecule has 9 heteroatoms. The van der Waals surface area contributed by atoms with Gasteiger partial charge >= 0.3 is 5.97 Å². The molecule has 0 aliphatic heterocycles. The number of nitrogens with zero attached hydrogens (tertiary/aromatic N) is 3. The SMILES string of the molecule is Cc1nn(-c2ccc(Cl)cc2)c2sc(C(=O)OCC(=O)Nc3ccc(N(C)C)cc3)cc12. The number of esters is 1. The molecule has 1 amide bonds. The van der Waals surface area contributed by atoms with Crippen LogP contribution < -0.4 is 10.2 Å². The molecule has 4 rings (SSSR count). The van der Waals surface area contributed by atoms with E-state index in [1.807, 2.05) is 50.2 Å². The highest BCUT2D eigenvalue weighted by Gasteiger charge is 2.19. The van der Waals surface area contributed by atoms with Gasteiger partial charge in [-0.3, -0.25) is 4.79 Å². The quantitative estimate of drug-likeness (QED) is 0.407. The lowest BCUT2D eigenvalue weighted by molar-refractivity contribution is -0.119. The van der Waals surface area contributed by atoms with E-state index in [2.05, 4.69) is 10.4 Å². The average Bonchev–Trinajstić information content (AvgIpc) is 3.34. The Morgan fingerprint density at radius 1 is 1.12 bits per heavy atom. The van der Waals surface area contributed by atoms with Crippen molar-refractivity contribution < 1.29 is 14.3 Å². The van der Waals surface area contributed by atoms with E-state index in [0.29, 0.717) is 15.6 Å². The van der Waals surface area contributed by atoms with E-state index in [0.717, 1.165) is 27.3 Å². The Labute approximate surface area is 194 Å². The second-order valence-electron chi connectivity index (χ2n) is 7.37. The third-order valence-corrected chi connectivity index (χ3v) is 6.16. The highest BCUT2D eigenvalue weighted by atomic mass is 35.5. The Hall–Kier alpha value is -3.36. The molecule has 0 aliphatic carbocycles. The van der Waals surface area contributed by atoms with Gasteiger partial charge in [0.1, 0.15) is 9.71 Å². The number of aryl methyl sites for hydroxylation is 1. The van der Waals surface area contributed by atoms with E-state index in [1.54, 1.807) is 35.0 Å². The lowest BCUT2D eigenvalue weighted by Gasteiger charge is -2.13. The summed E-state index contributed by atoms with van der Waals surface area (Å²) in [4.78, 5) is 27.9. The molecule has 0 saturated heterocycles. The number of ether oxygens (including phenoxy) is 1. The highest BCUT2D eigenvalue weighted by Crippen LogP contribution is 2.31. The summed E-state index contributed by atoms with van der Waals surface area (Å²) < 4.78 is 7.00. The smallest absolute Gasteiger partial charge is 0.348 e. The molecule has 0 unspecified atom stereocenters. The number of hydrogen-bond acceptors (Lipinski definition) is 6. The van der Waals surface area contributed by atoms with Crippen molar-refractivity contribution in [1.29, 1.82) is 0 Å². The number of thiophene rings is 1. The van der Waals surface area contributed by atoms with Gasteiger partial charge in [0.2, 0.25) is 0 Å². The third-order valence-electron chi connectivity index (χ3n) is 4.82. The number of carbonyl (C=O) groups excluding carboxylic acids is 2. The van der Waals surface area contributed by atoms with Crippen molar-refractivity contribution in [3.8, 4) is 5.69 Å². The van der Waals surface area contributed by atoms with Crippen molar-refractivity contribution in [2.75, 3.05) is 30.9 Å². The molecule has 2 aromatic heterocycles. The summed E-state index contributed by atoms with van der Waals surface area (Å²) >= 11 is 7.24. The van der Waals surface area contributed by atoms with Crippen LogP contribution in [-0.2, 0) is 9.53 Å². The summed E-state index contributed by atoms with van der Waals surface area (Å²) in [7, 11) is 3.88. The minimum atomic E-state index is -0.550. The van der Waals surface area contributed by atoms with Crippen molar-refractivity contribution >= 4 is 56.4 Å². The number of rotatable bonds is 6. The van der Waals surface area contributed by atoms with E-state index >= 15 is 0 Å². The van der Waals surface area contributed by atoms with Crippen molar-refractivity contribution in [3.05, 3.63) is 70.2 Å². The molecular weight excluding hydrogens is 448 g/mol. The number of amides is 1. The van der Waals surface area contributed by atoms with Gasteiger partial charge in [-0.1, -0.05) is 11.6 Å². The predicted octanol–water partition coefficient (Wildman–Crippen LogP) is 4.91. The summed E-state index contributed by atoms with van der Waals surface area (Å²) in [6.07, 6.45) is 0. The number of hydrogen-bond donors (Lipinski definition) is 1. The predicted molar refractivity (Wildman–Crippen MR) is 128 cm³/mol. The molecule has 1 N–H and O–H groups in total. The van der Waals surface area contributed by atoms with Crippen molar-refractivity contribution in [1.82, 2.24) is 9.78 Å². The first kappa shape index (κ1) is 21.9. The molecule has 2 aromatic carbocycles. The second-order valence-corrected chi connectivity index (χ2v) is 8.84. The van der Waals surface area contributed by atoms with Crippen LogP contribution >= 0.6 is 22.9 Å². The van der Waals surface area contributed by atoms with Crippen molar-refractivity contribution in [2.24, 2.45) is 0 Å². The Bertz CT molecular complexity index is 1280. The molecule has 0 radical (unpaired) electrons. The number of anilines is 2. The van der Waals surface area contributed by atoms with Crippen LogP contribution in [0.25, 0.3) is 15.9 Å². The summed E-state index contributed by atoms with van der Waals surface area (Å²) in [6.45, 7) is 1.51. The molecule has 0 spiro atoms. The zero-order valence-electron chi connectivity index (χ0n) is 17.8. The van der Waals surface area contributed by atoms with Gasteiger partial charge in [0.05, 0.1) is 11.4 Å². The minimum Gasteiger partial charge on any atom is -0.451 e. The van der Waals surface area contributed by atoms with E-state index in [4.69, 9.17) is 16.3 Å². The van der Waals surface area contributed by atoms with Crippen LogP contribution in [0.1, 0.15) is 15.4 Å². The van der Waals surface area contributed by atoms with Gasteiger partial charge in [-0.25, -0.2) is 9.48 Å². The lowest BCUT2D eigenvalue weighted by Crippen LogP contribution is -2.20. The van der Waals surface area contributed by atoms with E-state index in [9.17, 15) is 9.59 Å². The molecule has 0 bridgehead atoms. The molecule has 7 nitrogen and oxygen atoms in total. The maximum atomic E-state index is 12.5. The average molecular weight is 469 g/mol. The minimum absolute atomic E-state index is 0.370. The van der Waals surface area contributed by atoms with Crippen molar-refractivity contribution in [3.63, 3.8) is 0 Å². The molecule has 0 atom stereocenters. The van der Waals surface area contributed by atoms with Crippen LogP contribution in [0.3, 0.4) is 0 Å². The van der Waals surface area contributed by atoms with Gasteiger partial charge in [0, 0.05) is 35.9 Å². The first-order valence-corrected chi connectivity index (χ1v) is 11.0. The number of benzene rings is 2. The highest BCUT2D eigenvalue weighted by molar-refractivity contribution is 7.20. The van der Waals surface area contributed by atoms with Gasteiger partial charge in [-0.15, -0.1) is 11.3 Å². The largest absolute Gasteiger partial charge is 0.451 e. The molecule has 0 fully saturated rings. The van der Waals surface area contributed by atoms with Crippen LogP contribution in [0.2, 0.25) is 5.02 Å². The van der Waals surface area contributed by atoms with Crippen LogP contribution in [0.15, 0.2) is 54.6 Å². The lowest BCUT2D eigenvalue weighted by atomic mass is 10.2. The van der Waals surface area contributed by atoms with E-state index < -0.39 is 11.9 Å². The normalized spacial score (nSPS) is 10.9.